The van der Waals surface area contributed by atoms with Gasteiger partial charge in [-0.3, -0.25) is 0 Å². The van der Waals surface area contributed by atoms with E-state index in [4.69, 9.17) is 9.47 Å². The van der Waals surface area contributed by atoms with Gasteiger partial charge in [0.1, 0.15) is 0 Å². The molecule has 164 valence electrons. The van der Waals surface area contributed by atoms with Gasteiger partial charge in [-0.15, -0.1) is 0 Å². The molecule has 0 radical (unpaired) electrons. The van der Waals surface area contributed by atoms with Crippen LogP contribution in [-0.4, -0.2) is 25.2 Å². The zero-order valence-corrected chi connectivity index (χ0v) is 18.6. The monoisotopic (exact) mass is 412 g/mol. The molecule has 0 unspecified atom stereocenters. The Balaban J connectivity index is 1.84. The van der Waals surface area contributed by atoms with Crippen molar-refractivity contribution in [2.45, 2.75) is 78.1 Å². The minimum absolute atomic E-state index is 0.293. The van der Waals surface area contributed by atoms with Crippen molar-refractivity contribution in [3.63, 3.8) is 0 Å². The lowest BCUT2D eigenvalue weighted by Crippen LogP contribution is -2.07. The smallest absolute Gasteiger partial charge is 0.338 e. The number of rotatable bonds is 14. The molecule has 30 heavy (non-hydrogen) atoms. The molecule has 4 nitrogen and oxygen atoms in total. The molecule has 2 rings (SSSR count). The highest BCUT2D eigenvalue weighted by Gasteiger charge is 2.11. The first-order valence-corrected chi connectivity index (χ1v) is 11.5. The van der Waals surface area contributed by atoms with Crippen LogP contribution in [0.1, 0.15) is 98.8 Å². The number of hydrogen-bond acceptors (Lipinski definition) is 4. The Morgan fingerprint density at radius 1 is 0.600 bits per heavy atom. The third-order valence-corrected chi connectivity index (χ3v) is 5.27. The van der Waals surface area contributed by atoms with E-state index in [1.807, 2.05) is 24.3 Å². The minimum atomic E-state index is -0.293. The van der Waals surface area contributed by atoms with Gasteiger partial charge in [-0.25, -0.2) is 9.59 Å². The standard InChI is InChI=1S/C26H36O4/c1-3-5-7-9-11-17-29-25(27)23-15-13-22-20-24(16-14-21(22)19-23)26(28)30-18-12-10-8-6-4-2/h13-16,19-20H,3-12,17-18H2,1-2H3. The Morgan fingerprint density at radius 3 is 1.40 bits per heavy atom. The van der Waals surface area contributed by atoms with Crippen LogP contribution in [0.3, 0.4) is 0 Å². The predicted molar refractivity (Wildman–Crippen MR) is 122 cm³/mol. The summed E-state index contributed by atoms with van der Waals surface area (Å²) < 4.78 is 10.8. The average Bonchev–Trinajstić information content (AvgIpc) is 2.77. The summed E-state index contributed by atoms with van der Waals surface area (Å²) in [6.45, 7) is 5.29. The minimum Gasteiger partial charge on any atom is -0.462 e. The van der Waals surface area contributed by atoms with E-state index in [0.29, 0.717) is 24.3 Å². The predicted octanol–water partition coefficient (Wildman–Crippen LogP) is 7.09. The second-order valence-corrected chi connectivity index (χ2v) is 7.88. The fraction of sp³-hybridized carbons (Fsp3) is 0.538. The first-order chi connectivity index (χ1) is 14.7. The van der Waals surface area contributed by atoms with Crippen molar-refractivity contribution in [1.82, 2.24) is 0 Å². The lowest BCUT2D eigenvalue weighted by molar-refractivity contribution is 0.0488. The van der Waals surface area contributed by atoms with E-state index in [9.17, 15) is 9.59 Å². The average molecular weight is 413 g/mol. The summed E-state index contributed by atoms with van der Waals surface area (Å²) in [5, 5.41) is 1.81. The summed E-state index contributed by atoms with van der Waals surface area (Å²) in [5.74, 6) is -0.585. The maximum Gasteiger partial charge on any atom is 0.338 e. The van der Waals surface area contributed by atoms with Gasteiger partial charge in [0.15, 0.2) is 0 Å². The topological polar surface area (TPSA) is 52.6 Å². The van der Waals surface area contributed by atoms with Gasteiger partial charge in [0.25, 0.3) is 0 Å². The number of hydrogen-bond donors (Lipinski definition) is 0. The number of benzene rings is 2. The van der Waals surface area contributed by atoms with Crippen molar-refractivity contribution < 1.29 is 19.1 Å². The third-order valence-electron chi connectivity index (χ3n) is 5.27. The Kier molecular flexibility index (Phi) is 11.0. The van der Waals surface area contributed by atoms with Crippen LogP contribution in [-0.2, 0) is 9.47 Å². The van der Waals surface area contributed by atoms with Crippen LogP contribution >= 0.6 is 0 Å². The van der Waals surface area contributed by atoms with Gasteiger partial charge in [0.05, 0.1) is 24.3 Å². The van der Waals surface area contributed by atoms with Crippen molar-refractivity contribution in [1.29, 1.82) is 0 Å². The van der Waals surface area contributed by atoms with Gasteiger partial charge < -0.3 is 9.47 Å². The quantitative estimate of drug-likeness (QED) is 0.245. The highest BCUT2D eigenvalue weighted by Crippen LogP contribution is 2.19. The third kappa shape index (κ3) is 8.17. The number of carbonyl (C=O) groups is 2. The van der Waals surface area contributed by atoms with Crippen molar-refractivity contribution >= 4 is 22.7 Å². The second kappa shape index (κ2) is 13.8. The molecular weight excluding hydrogens is 376 g/mol. The maximum absolute atomic E-state index is 12.3. The normalized spacial score (nSPS) is 10.9. The van der Waals surface area contributed by atoms with E-state index in [1.165, 1.54) is 38.5 Å². The zero-order chi connectivity index (χ0) is 21.6. The number of fused-ring (bicyclic) bond motifs is 1. The summed E-state index contributed by atoms with van der Waals surface area (Å²) in [6.07, 6.45) is 11.2. The summed E-state index contributed by atoms with van der Waals surface area (Å²) >= 11 is 0. The van der Waals surface area contributed by atoms with Crippen LogP contribution in [0.4, 0.5) is 0 Å². The van der Waals surface area contributed by atoms with Gasteiger partial charge in [-0.2, -0.15) is 0 Å². The van der Waals surface area contributed by atoms with Gasteiger partial charge in [0, 0.05) is 0 Å². The molecule has 0 amide bonds. The lowest BCUT2D eigenvalue weighted by atomic mass is 10.0. The molecule has 0 aliphatic carbocycles. The molecule has 0 aliphatic rings. The first-order valence-electron chi connectivity index (χ1n) is 11.5. The van der Waals surface area contributed by atoms with Crippen LogP contribution in [0.15, 0.2) is 36.4 Å². The number of carbonyl (C=O) groups excluding carboxylic acids is 2. The molecule has 0 N–H and O–H groups in total. The summed E-state index contributed by atoms with van der Waals surface area (Å²) in [7, 11) is 0. The molecule has 0 saturated carbocycles. The molecule has 0 fully saturated rings. The molecule has 0 saturated heterocycles. The van der Waals surface area contributed by atoms with Crippen LogP contribution in [0, 0.1) is 0 Å². The van der Waals surface area contributed by atoms with Crippen LogP contribution in [0.2, 0.25) is 0 Å². The molecule has 2 aromatic rings. The Hall–Kier alpha value is -2.36. The molecule has 4 heteroatoms. The molecule has 0 aliphatic heterocycles. The van der Waals surface area contributed by atoms with Gasteiger partial charge >= 0.3 is 11.9 Å². The zero-order valence-electron chi connectivity index (χ0n) is 18.6. The van der Waals surface area contributed by atoms with Crippen LogP contribution in [0.25, 0.3) is 10.8 Å². The number of esters is 2. The first kappa shape index (κ1) is 23.9. The Bertz CT molecular complexity index is 729. The Labute approximate surface area is 181 Å². The fourth-order valence-electron chi connectivity index (χ4n) is 3.41. The van der Waals surface area contributed by atoms with E-state index in [1.54, 1.807) is 12.1 Å². The molecular formula is C26H36O4. The van der Waals surface area contributed by atoms with Gasteiger partial charge in [-0.1, -0.05) is 77.3 Å². The van der Waals surface area contributed by atoms with E-state index >= 15 is 0 Å². The van der Waals surface area contributed by atoms with E-state index in [0.717, 1.165) is 36.5 Å². The van der Waals surface area contributed by atoms with Crippen molar-refractivity contribution in [2.75, 3.05) is 13.2 Å². The molecule has 0 spiro atoms. The summed E-state index contributed by atoms with van der Waals surface area (Å²) in [4.78, 5) is 24.5. The molecule has 0 aromatic heterocycles. The van der Waals surface area contributed by atoms with Crippen molar-refractivity contribution in [2.24, 2.45) is 0 Å². The second-order valence-electron chi connectivity index (χ2n) is 7.88. The summed E-state index contributed by atoms with van der Waals surface area (Å²) in [6, 6.07) is 10.9. The molecule has 2 aromatic carbocycles. The highest BCUT2D eigenvalue weighted by atomic mass is 16.5. The van der Waals surface area contributed by atoms with Gasteiger partial charge in [-0.05, 0) is 47.9 Å². The maximum atomic E-state index is 12.3. The fourth-order valence-corrected chi connectivity index (χ4v) is 3.41. The SMILES string of the molecule is CCCCCCCOC(=O)c1ccc2cc(C(=O)OCCCCCCC)ccc2c1. The van der Waals surface area contributed by atoms with Crippen molar-refractivity contribution in [3.05, 3.63) is 47.5 Å². The summed E-state index contributed by atoms with van der Waals surface area (Å²) in [5.41, 5.74) is 1.08. The van der Waals surface area contributed by atoms with Crippen molar-refractivity contribution in [3.8, 4) is 0 Å². The van der Waals surface area contributed by atoms with E-state index in [2.05, 4.69) is 13.8 Å². The van der Waals surface area contributed by atoms with Crippen LogP contribution < -0.4 is 0 Å². The van der Waals surface area contributed by atoms with E-state index in [-0.39, 0.29) is 11.9 Å². The molecule has 0 atom stereocenters. The van der Waals surface area contributed by atoms with E-state index < -0.39 is 0 Å². The lowest BCUT2D eigenvalue weighted by Gasteiger charge is -2.08. The number of ether oxygens (including phenoxy) is 2. The number of unbranched alkanes of at least 4 members (excludes halogenated alkanes) is 8. The highest BCUT2D eigenvalue weighted by molar-refractivity contribution is 5.99. The largest absolute Gasteiger partial charge is 0.462 e. The Morgan fingerprint density at radius 2 is 1.00 bits per heavy atom. The molecule has 0 heterocycles. The molecule has 0 bridgehead atoms. The van der Waals surface area contributed by atoms with Gasteiger partial charge in [0.2, 0.25) is 0 Å². The van der Waals surface area contributed by atoms with Crippen LogP contribution in [0.5, 0.6) is 0 Å².